The van der Waals surface area contributed by atoms with Crippen LogP contribution in [0.3, 0.4) is 0 Å². The van der Waals surface area contributed by atoms with Crippen LogP contribution >= 0.6 is 0 Å². The molecule has 32 heavy (non-hydrogen) atoms. The fourth-order valence-electron chi connectivity index (χ4n) is 3.18. The highest BCUT2D eigenvalue weighted by molar-refractivity contribution is 6.64. The van der Waals surface area contributed by atoms with Crippen LogP contribution in [0.15, 0.2) is 42.5 Å². The van der Waals surface area contributed by atoms with Crippen molar-refractivity contribution in [3.63, 3.8) is 0 Å². The molecular formula is C23H28BNO7. The lowest BCUT2D eigenvalue weighted by molar-refractivity contribution is 0.00578. The number of methoxy groups -OCH3 is 2. The van der Waals surface area contributed by atoms with Gasteiger partial charge in [-0.2, -0.15) is 0 Å². The summed E-state index contributed by atoms with van der Waals surface area (Å²) in [6.07, 6.45) is -0.667. The summed E-state index contributed by atoms with van der Waals surface area (Å²) in [6.45, 7) is 7.77. The van der Waals surface area contributed by atoms with Gasteiger partial charge in [-0.1, -0.05) is 30.3 Å². The third kappa shape index (κ3) is 4.89. The molecule has 1 aliphatic rings. The molecule has 0 unspecified atom stereocenters. The van der Waals surface area contributed by atoms with Crippen molar-refractivity contribution >= 4 is 30.3 Å². The Hall–Kier alpha value is -3.04. The van der Waals surface area contributed by atoms with Crippen LogP contribution < -0.4 is 15.5 Å². The third-order valence-corrected chi connectivity index (χ3v) is 5.73. The molecule has 0 bridgehead atoms. The Kier molecular flexibility index (Phi) is 6.81. The van der Waals surface area contributed by atoms with Gasteiger partial charge in [-0.3, -0.25) is 5.32 Å². The summed E-state index contributed by atoms with van der Waals surface area (Å²) in [5, 5.41) is 2.72. The van der Waals surface area contributed by atoms with Crippen molar-refractivity contribution in [2.75, 3.05) is 19.5 Å². The molecule has 8 nitrogen and oxygen atoms in total. The number of benzene rings is 2. The SMILES string of the molecule is COC(=O)c1cc(B2OC(C)(C)C(C)(C)O2)c(NC(=O)OCc2ccccc2)cc1OC. The molecule has 0 spiro atoms. The van der Waals surface area contributed by atoms with Gasteiger partial charge in [0, 0.05) is 17.2 Å². The Morgan fingerprint density at radius 3 is 2.19 bits per heavy atom. The van der Waals surface area contributed by atoms with E-state index in [1.54, 1.807) is 6.07 Å². The topological polar surface area (TPSA) is 92.3 Å². The predicted octanol–water partition coefficient (Wildman–Crippen LogP) is 3.53. The minimum absolute atomic E-state index is 0.107. The maximum Gasteiger partial charge on any atom is 0.497 e. The predicted molar refractivity (Wildman–Crippen MR) is 120 cm³/mol. The van der Waals surface area contributed by atoms with E-state index in [0.29, 0.717) is 11.2 Å². The normalized spacial score (nSPS) is 16.4. The molecule has 1 heterocycles. The Morgan fingerprint density at radius 2 is 1.62 bits per heavy atom. The summed E-state index contributed by atoms with van der Waals surface area (Å²) in [4.78, 5) is 24.8. The summed E-state index contributed by atoms with van der Waals surface area (Å²) in [5.41, 5.74) is 0.588. The second kappa shape index (κ2) is 9.22. The zero-order chi connectivity index (χ0) is 23.5. The summed E-state index contributed by atoms with van der Waals surface area (Å²) in [5.74, 6) is -0.353. The number of rotatable bonds is 6. The number of hydrogen-bond donors (Lipinski definition) is 1. The first-order valence-corrected chi connectivity index (χ1v) is 10.2. The highest BCUT2D eigenvalue weighted by Gasteiger charge is 2.52. The van der Waals surface area contributed by atoms with Gasteiger partial charge in [0.2, 0.25) is 0 Å². The Morgan fingerprint density at radius 1 is 1.00 bits per heavy atom. The maximum atomic E-state index is 12.5. The van der Waals surface area contributed by atoms with Crippen LogP contribution in [0.2, 0.25) is 0 Å². The zero-order valence-electron chi connectivity index (χ0n) is 19.2. The Bertz CT molecular complexity index is 975. The molecule has 1 amide bonds. The number of hydrogen-bond acceptors (Lipinski definition) is 7. The van der Waals surface area contributed by atoms with Gasteiger partial charge in [-0.05, 0) is 39.3 Å². The molecule has 0 saturated carbocycles. The molecule has 0 aliphatic carbocycles. The van der Waals surface area contributed by atoms with Gasteiger partial charge in [0.1, 0.15) is 17.9 Å². The standard InChI is InChI=1S/C23H28BNO7/c1-22(2)23(3,4)32-24(31-22)17-12-16(20(26)29-6)19(28-5)13-18(17)25-21(27)30-14-15-10-8-7-9-11-15/h7-13H,14H2,1-6H3,(H,25,27). The van der Waals surface area contributed by atoms with E-state index < -0.39 is 30.4 Å². The van der Waals surface area contributed by atoms with Crippen LogP contribution in [-0.2, 0) is 25.4 Å². The van der Waals surface area contributed by atoms with Crippen molar-refractivity contribution in [3.8, 4) is 5.75 Å². The largest absolute Gasteiger partial charge is 0.497 e. The summed E-state index contributed by atoms with van der Waals surface area (Å²) >= 11 is 0. The van der Waals surface area contributed by atoms with Crippen LogP contribution in [0.5, 0.6) is 5.75 Å². The van der Waals surface area contributed by atoms with Crippen molar-refractivity contribution < 1.29 is 33.1 Å². The lowest BCUT2D eigenvalue weighted by Crippen LogP contribution is -2.41. The summed E-state index contributed by atoms with van der Waals surface area (Å²) < 4.78 is 27.8. The van der Waals surface area contributed by atoms with Gasteiger partial charge in [0.25, 0.3) is 0 Å². The summed E-state index contributed by atoms with van der Waals surface area (Å²) in [6, 6.07) is 12.4. The summed E-state index contributed by atoms with van der Waals surface area (Å²) in [7, 11) is 1.87. The average Bonchev–Trinajstić information content (AvgIpc) is 2.98. The lowest BCUT2D eigenvalue weighted by atomic mass is 9.76. The molecule has 1 N–H and O–H groups in total. The smallest absolute Gasteiger partial charge is 0.496 e. The number of amides is 1. The van der Waals surface area contributed by atoms with E-state index in [9.17, 15) is 9.59 Å². The van der Waals surface area contributed by atoms with E-state index in [1.165, 1.54) is 20.3 Å². The van der Waals surface area contributed by atoms with Crippen LogP contribution in [-0.4, -0.2) is 44.6 Å². The number of esters is 1. The van der Waals surface area contributed by atoms with Crippen LogP contribution in [0, 0.1) is 0 Å². The van der Waals surface area contributed by atoms with Crippen LogP contribution in [0.1, 0.15) is 43.6 Å². The van der Waals surface area contributed by atoms with Gasteiger partial charge in [-0.25, -0.2) is 9.59 Å². The molecular weight excluding hydrogens is 413 g/mol. The van der Waals surface area contributed by atoms with Crippen molar-refractivity contribution in [2.45, 2.75) is 45.5 Å². The molecule has 0 aromatic heterocycles. The van der Waals surface area contributed by atoms with Gasteiger partial charge < -0.3 is 23.5 Å². The van der Waals surface area contributed by atoms with E-state index in [0.717, 1.165) is 5.56 Å². The molecule has 1 fully saturated rings. The minimum atomic E-state index is -0.835. The number of nitrogens with one attached hydrogen (secondary N) is 1. The van der Waals surface area contributed by atoms with Gasteiger partial charge in [-0.15, -0.1) is 0 Å². The third-order valence-electron chi connectivity index (χ3n) is 5.73. The van der Waals surface area contributed by atoms with Crippen LogP contribution in [0.4, 0.5) is 10.5 Å². The first-order chi connectivity index (χ1) is 15.1. The fraction of sp³-hybridized carbons (Fsp3) is 0.391. The monoisotopic (exact) mass is 441 g/mol. The molecule has 0 radical (unpaired) electrons. The molecule has 0 atom stereocenters. The number of carbonyl (C=O) groups is 2. The maximum absolute atomic E-state index is 12.5. The second-order valence-electron chi connectivity index (χ2n) is 8.41. The molecule has 9 heteroatoms. The second-order valence-corrected chi connectivity index (χ2v) is 8.41. The first-order valence-electron chi connectivity index (χ1n) is 10.2. The minimum Gasteiger partial charge on any atom is -0.496 e. The van der Waals surface area contributed by atoms with Gasteiger partial charge in [0.05, 0.1) is 25.4 Å². The number of anilines is 1. The van der Waals surface area contributed by atoms with E-state index in [-0.39, 0.29) is 17.9 Å². The Labute approximate surface area is 188 Å². The van der Waals surface area contributed by atoms with Crippen LogP contribution in [0.25, 0.3) is 0 Å². The van der Waals surface area contributed by atoms with Crippen molar-refractivity contribution in [1.29, 1.82) is 0 Å². The van der Waals surface area contributed by atoms with E-state index >= 15 is 0 Å². The van der Waals surface area contributed by atoms with E-state index in [2.05, 4.69) is 5.32 Å². The Balaban J connectivity index is 1.92. The quantitative estimate of drug-likeness (QED) is 0.542. The fourth-order valence-corrected chi connectivity index (χ4v) is 3.18. The van der Waals surface area contributed by atoms with Crippen molar-refractivity contribution in [3.05, 3.63) is 53.6 Å². The molecule has 2 aromatic rings. The lowest BCUT2D eigenvalue weighted by Gasteiger charge is -2.32. The van der Waals surface area contributed by atoms with Gasteiger partial charge >= 0.3 is 19.2 Å². The first kappa shape index (κ1) is 23.6. The van der Waals surface area contributed by atoms with Crippen molar-refractivity contribution in [2.24, 2.45) is 0 Å². The molecule has 2 aromatic carbocycles. The van der Waals surface area contributed by atoms with Gasteiger partial charge in [0.15, 0.2) is 0 Å². The highest BCUT2D eigenvalue weighted by atomic mass is 16.7. The molecule has 3 rings (SSSR count). The molecule has 170 valence electrons. The molecule has 1 aliphatic heterocycles. The van der Waals surface area contributed by atoms with Crippen molar-refractivity contribution in [1.82, 2.24) is 0 Å². The van der Waals surface area contributed by atoms with E-state index in [1.807, 2.05) is 58.0 Å². The number of ether oxygens (including phenoxy) is 3. The highest BCUT2D eigenvalue weighted by Crippen LogP contribution is 2.37. The average molecular weight is 441 g/mol. The number of carbonyl (C=O) groups excluding carboxylic acids is 2. The van der Waals surface area contributed by atoms with E-state index in [4.69, 9.17) is 23.5 Å². The zero-order valence-corrected chi connectivity index (χ0v) is 19.2. The molecule has 1 saturated heterocycles.